The van der Waals surface area contributed by atoms with Crippen LogP contribution in [-0.4, -0.2) is 52.8 Å². The van der Waals surface area contributed by atoms with Crippen molar-refractivity contribution in [3.05, 3.63) is 40.4 Å². The molecule has 2 aromatic rings. The maximum atomic E-state index is 12.1. The van der Waals surface area contributed by atoms with Crippen molar-refractivity contribution in [1.82, 2.24) is 20.2 Å². The average molecular weight is 316 g/mol. The number of hydrogen-bond acceptors (Lipinski definition) is 5. The standard InChI is InChI=1S/C17H24N4O2/c1-21(10-15(22)12-6-8-18-9-7-12)11-16-19-14-5-3-2-4-13(14)17(23)20-16/h2-5,12,15,18,22H,6-11H2,1H3,(H,19,20,23). The first-order chi connectivity index (χ1) is 11.1. The number of benzene rings is 1. The third kappa shape index (κ3) is 3.96. The fraction of sp³-hybridized carbons (Fsp3) is 0.529. The fourth-order valence-electron chi connectivity index (χ4n) is 3.23. The van der Waals surface area contributed by atoms with E-state index in [0.717, 1.165) is 25.9 Å². The Bertz CT molecular complexity index is 709. The Labute approximate surface area is 135 Å². The van der Waals surface area contributed by atoms with E-state index in [-0.39, 0.29) is 11.7 Å². The van der Waals surface area contributed by atoms with Crippen molar-refractivity contribution in [2.24, 2.45) is 5.92 Å². The van der Waals surface area contributed by atoms with Gasteiger partial charge in [-0.05, 0) is 51.0 Å². The van der Waals surface area contributed by atoms with Crippen molar-refractivity contribution in [2.75, 3.05) is 26.7 Å². The Morgan fingerprint density at radius 1 is 1.35 bits per heavy atom. The van der Waals surface area contributed by atoms with Crippen LogP contribution in [0.25, 0.3) is 10.9 Å². The van der Waals surface area contributed by atoms with Crippen molar-refractivity contribution in [1.29, 1.82) is 0 Å². The van der Waals surface area contributed by atoms with E-state index in [1.807, 2.05) is 30.1 Å². The molecule has 23 heavy (non-hydrogen) atoms. The summed E-state index contributed by atoms with van der Waals surface area (Å²) in [6.45, 7) is 3.05. The Morgan fingerprint density at radius 2 is 2.09 bits per heavy atom. The van der Waals surface area contributed by atoms with Crippen LogP contribution in [0.5, 0.6) is 0 Å². The van der Waals surface area contributed by atoms with Gasteiger partial charge >= 0.3 is 0 Å². The van der Waals surface area contributed by atoms with Crippen LogP contribution >= 0.6 is 0 Å². The fourth-order valence-corrected chi connectivity index (χ4v) is 3.23. The third-order valence-corrected chi connectivity index (χ3v) is 4.51. The number of aliphatic hydroxyl groups is 1. The van der Waals surface area contributed by atoms with Crippen LogP contribution in [0.2, 0.25) is 0 Å². The molecule has 0 saturated carbocycles. The molecule has 1 aromatic heterocycles. The van der Waals surface area contributed by atoms with Gasteiger partial charge in [-0.25, -0.2) is 4.98 Å². The van der Waals surface area contributed by atoms with Gasteiger partial charge in [0.05, 0.1) is 23.6 Å². The molecule has 0 spiro atoms. The van der Waals surface area contributed by atoms with Gasteiger partial charge in [-0.1, -0.05) is 12.1 Å². The molecule has 0 aliphatic carbocycles. The van der Waals surface area contributed by atoms with Crippen molar-refractivity contribution in [3.8, 4) is 0 Å². The molecule has 3 N–H and O–H groups in total. The van der Waals surface area contributed by atoms with E-state index in [0.29, 0.717) is 35.7 Å². The summed E-state index contributed by atoms with van der Waals surface area (Å²) in [5, 5.41) is 14.3. The van der Waals surface area contributed by atoms with E-state index < -0.39 is 0 Å². The van der Waals surface area contributed by atoms with Crippen LogP contribution in [0.3, 0.4) is 0 Å². The predicted molar refractivity (Wildman–Crippen MR) is 90.3 cm³/mol. The lowest BCUT2D eigenvalue weighted by Gasteiger charge is -2.29. The molecular formula is C17H24N4O2. The SMILES string of the molecule is CN(Cc1nc2ccccc2c(=O)[nH]1)CC(O)C1CCNCC1. The normalized spacial score (nSPS) is 17.7. The summed E-state index contributed by atoms with van der Waals surface area (Å²) >= 11 is 0. The zero-order valence-electron chi connectivity index (χ0n) is 13.5. The summed E-state index contributed by atoms with van der Waals surface area (Å²) in [6.07, 6.45) is 1.69. The molecule has 3 rings (SSSR count). The van der Waals surface area contributed by atoms with E-state index in [9.17, 15) is 9.90 Å². The lowest BCUT2D eigenvalue weighted by Crippen LogP contribution is -2.39. The summed E-state index contributed by atoms with van der Waals surface area (Å²) in [5.41, 5.74) is 0.594. The number of piperidine rings is 1. The van der Waals surface area contributed by atoms with Gasteiger partial charge in [-0.2, -0.15) is 0 Å². The first-order valence-corrected chi connectivity index (χ1v) is 8.19. The smallest absolute Gasteiger partial charge is 0.258 e. The van der Waals surface area contributed by atoms with Crippen LogP contribution < -0.4 is 10.9 Å². The Hall–Kier alpha value is -1.76. The molecule has 1 saturated heterocycles. The molecule has 6 nitrogen and oxygen atoms in total. The van der Waals surface area contributed by atoms with Crippen LogP contribution in [0.4, 0.5) is 0 Å². The van der Waals surface area contributed by atoms with E-state index in [1.165, 1.54) is 0 Å². The number of aromatic nitrogens is 2. The van der Waals surface area contributed by atoms with Crippen molar-refractivity contribution < 1.29 is 5.11 Å². The van der Waals surface area contributed by atoms with E-state index in [2.05, 4.69) is 15.3 Å². The zero-order valence-corrected chi connectivity index (χ0v) is 13.5. The first-order valence-electron chi connectivity index (χ1n) is 8.19. The molecule has 0 bridgehead atoms. The van der Waals surface area contributed by atoms with Gasteiger partial charge < -0.3 is 15.4 Å². The Kier molecular flexibility index (Phi) is 5.05. The van der Waals surface area contributed by atoms with Gasteiger partial charge in [0, 0.05) is 6.54 Å². The highest BCUT2D eigenvalue weighted by Crippen LogP contribution is 2.17. The second-order valence-electron chi connectivity index (χ2n) is 6.38. The number of nitrogens with one attached hydrogen (secondary N) is 2. The summed E-state index contributed by atoms with van der Waals surface area (Å²) in [5.74, 6) is 0.982. The Balaban J connectivity index is 1.65. The molecule has 1 unspecified atom stereocenters. The molecule has 1 aliphatic rings. The number of H-pyrrole nitrogens is 1. The van der Waals surface area contributed by atoms with Crippen LogP contribution in [0, 0.1) is 5.92 Å². The van der Waals surface area contributed by atoms with Gasteiger partial charge in [0.15, 0.2) is 0 Å². The van der Waals surface area contributed by atoms with Crippen LogP contribution in [-0.2, 0) is 6.54 Å². The van der Waals surface area contributed by atoms with Gasteiger partial charge in [0.2, 0.25) is 0 Å². The van der Waals surface area contributed by atoms with Crippen molar-refractivity contribution in [3.63, 3.8) is 0 Å². The molecule has 1 aromatic carbocycles. The third-order valence-electron chi connectivity index (χ3n) is 4.51. The summed E-state index contributed by atoms with van der Waals surface area (Å²) < 4.78 is 0. The Morgan fingerprint density at radius 3 is 2.87 bits per heavy atom. The molecule has 0 amide bonds. The first kappa shape index (κ1) is 16.1. The minimum Gasteiger partial charge on any atom is -0.392 e. The van der Waals surface area contributed by atoms with Gasteiger partial charge in [-0.15, -0.1) is 0 Å². The van der Waals surface area contributed by atoms with Gasteiger partial charge in [0.1, 0.15) is 5.82 Å². The number of hydrogen-bond donors (Lipinski definition) is 3. The lowest BCUT2D eigenvalue weighted by molar-refractivity contribution is 0.0556. The summed E-state index contributed by atoms with van der Waals surface area (Å²) in [4.78, 5) is 21.4. The largest absolute Gasteiger partial charge is 0.392 e. The number of nitrogens with zero attached hydrogens (tertiary/aromatic N) is 2. The molecular weight excluding hydrogens is 292 g/mol. The van der Waals surface area contributed by atoms with E-state index in [4.69, 9.17) is 0 Å². The minimum atomic E-state index is -0.339. The topological polar surface area (TPSA) is 81.2 Å². The predicted octanol–water partition coefficient (Wildman–Crippen LogP) is 0.715. The van der Waals surface area contributed by atoms with E-state index >= 15 is 0 Å². The average Bonchev–Trinajstić information content (AvgIpc) is 2.55. The molecule has 1 atom stereocenters. The maximum absolute atomic E-state index is 12.1. The van der Waals surface area contributed by atoms with Crippen molar-refractivity contribution >= 4 is 10.9 Å². The highest BCUT2D eigenvalue weighted by molar-refractivity contribution is 5.77. The number of likely N-dealkylation sites (N-methyl/N-ethyl adjacent to an activating group) is 1. The molecule has 0 radical (unpaired) electrons. The van der Waals surface area contributed by atoms with E-state index in [1.54, 1.807) is 6.07 Å². The van der Waals surface area contributed by atoms with Crippen LogP contribution in [0.1, 0.15) is 18.7 Å². The number of rotatable bonds is 5. The highest BCUT2D eigenvalue weighted by Gasteiger charge is 2.22. The molecule has 1 aliphatic heterocycles. The quantitative estimate of drug-likeness (QED) is 0.757. The number of fused-ring (bicyclic) bond motifs is 1. The summed E-state index contributed by atoms with van der Waals surface area (Å²) in [7, 11) is 1.94. The minimum absolute atomic E-state index is 0.113. The second kappa shape index (κ2) is 7.21. The molecule has 124 valence electrons. The zero-order chi connectivity index (χ0) is 16.2. The van der Waals surface area contributed by atoms with Gasteiger partial charge in [-0.3, -0.25) is 9.69 Å². The number of aromatic amines is 1. The maximum Gasteiger partial charge on any atom is 0.258 e. The van der Waals surface area contributed by atoms with Crippen LogP contribution in [0.15, 0.2) is 29.1 Å². The monoisotopic (exact) mass is 316 g/mol. The second-order valence-corrected chi connectivity index (χ2v) is 6.38. The molecule has 6 heteroatoms. The van der Waals surface area contributed by atoms with Gasteiger partial charge in [0.25, 0.3) is 5.56 Å². The molecule has 2 heterocycles. The number of aliphatic hydroxyl groups excluding tert-OH is 1. The summed E-state index contributed by atoms with van der Waals surface area (Å²) in [6, 6.07) is 7.33. The lowest BCUT2D eigenvalue weighted by atomic mass is 9.92. The molecule has 1 fully saturated rings. The van der Waals surface area contributed by atoms with Crippen molar-refractivity contribution in [2.45, 2.75) is 25.5 Å². The number of para-hydroxylation sites is 1. The highest BCUT2D eigenvalue weighted by atomic mass is 16.3.